The molecule has 0 aliphatic carbocycles. The van der Waals surface area contributed by atoms with Crippen LogP contribution in [0.3, 0.4) is 0 Å². The van der Waals surface area contributed by atoms with Gasteiger partial charge in [-0.25, -0.2) is 14.1 Å². The summed E-state index contributed by atoms with van der Waals surface area (Å²) in [4.78, 5) is 18.6. The number of nitrogens with one attached hydrogen (secondary N) is 1. The zero-order chi connectivity index (χ0) is 21.5. The lowest BCUT2D eigenvalue weighted by Gasteiger charge is -2.09. The lowest BCUT2D eigenvalue weighted by molar-refractivity contribution is 0.102. The minimum Gasteiger partial charge on any atom is -0.306 e. The Morgan fingerprint density at radius 3 is 2.65 bits per heavy atom. The van der Waals surface area contributed by atoms with Gasteiger partial charge in [0.05, 0.1) is 23.1 Å². The number of halogens is 1. The maximum Gasteiger partial charge on any atom is 0.260 e. The first-order valence-electron chi connectivity index (χ1n) is 9.66. The molecule has 1 amide bonds. The predicted molar refractivity (Wildman–Crippen MR) is 119 cm³/mol. The quantitative estimate of drug-likeness (QED) is 0.422. The highest BCUT2D eigenvalue weighted by molar-refractivity contribution is 7.15. The molecule has 6 nitrogen and oxygen atoms in total. The van der Waals surface area contributed by atoms with Crippen LogP contribution in [0.25, 0.3) is 21.9 Å². The van der Waals surface area contributed by atoms with Gasteiger partial charge < -0.3 is 5.32 Å². The Balaban J connectivity index is 1.53. The molecule has 154 valence electrons. The Morgan fingerprint density at radius 1 is 1.10 bits per heavy atom. The number of aromatic nitrogens is 4. The van der Waals surface area contributed by atoms with E-state index in [0.29, 0.717) is 17.1 Å². The maximum absolute atomic E-state index is 13.4. The fourth-order valence-electron chi connectivity index (χ4n) is 3.57. The molecule has 0 aliphatic heterocycles. The van der Waals surface area contributed by atoms with Gasteiger partial charge in [-0.2, -0.15) is 5.10 Å². The highest BCUT2D eigenvalue weighted by Gasteiger charge is 2.21. The molecule has 31 heavy (non-hydrogen) atoms. The number of rotatable bonds is 4. The molecule has 0 spiro atoms. The number of amides is 1. The van der Waals surface area contributed by atoms with Crippen LogP contribution >= 0.6 is 11.3 Å². The summed E-state index contributed by atoms with van der Waals surface area (Å²) in [5.74, 6) is -0.0702. The van der Waals surface area contributed by atoms with Gasteiger partial charge in [0.15, 0.2) is 4.96 Å². The molecule has 0 unspecified atom stereocenters. The van der Waals surface area contributed by atoms with Crippen molar-refractivity contribution in [3.8, 4) is 16.9 Å². The third kappa shape index (κ3) is 3.30. The number of hydrogen-bond acceptors (Lipinski definition) is 4. The van der Waals surface area contributed by atoms with E-state index in [4.69, 9.17) is 0 Å². The second-order valence-corrected chi connectivity index (χ2v) is 8.04. The van der Waals surface area contributed by atoms with Crippen molar-refractivity contribution in [1.29, 1.82) is 0 Å². The number of imidazole rings is 1. The van der Waals surface area contributed by atoms with Gasteiger partial charge in [-0.1, -0.05) is 18.2 Å². The molecule has 5 rings (SSSR count). The fourth-order valence-corrected chi connectivity index (χ4v) is 4.28. The molecule has 0 saturated carbocycles. The number of carbonyl (C=O) groups excluding carboxylic acids is 1. The lowest BCUT2D eigenvalue weighted by Crippen LogP contribution is -2.15. The van der Waals surface area contributed by atoms with Crippen LogP contribution in [0.1, 0.15) is 21.6 Å². The van der Waals surface area contributed by atoms with Gasteiger partial charge >= 0.3 is 0 Å². The van der Waals surface area contributed by atoms with Gasteiger partial charge in [0, 0.05) is 17.1 Å². The Labute approximate surface area is 181 Å². The summed E-state index contributed by atoms with van der Waals surface area (Å²) in [6.45, 7) is 3.87. The van der Waals surface area contributed by atoms with Crippen LogP contribution in [0.5, 0.6) is 0 Å². The molecule has 2 aromatic carbocycles. The van der Waals surface area contributed by atoms with Gasteiger partial charge in [0.25, 0.3) is 5.91 Å². The van der Waals surface area contributed by atoms with Crippen molar-refractivity contribution in [1.82, 2.24) is 19.2 Å². The van der Waals surface area contributed by atoms with E-state index < -0.39 is 0 Å². The monoisotopic (exact) mass is 431 g/mol. The number of thiazole rings is 1. The summed E-state index contributed by atoms with van der Waals surface area (Å²) in [6.07, 6.45) is 3.42. The van der Waals surface area contributed by atoms with E-state index in [1.807, 2.05) is 54.1 Å². The van der Waals surface area contributed by atoms with Crippen LogP contribution in [0, 0.1) is 19.7 Å². The zero-order valence-corrected chi connectivity index (χ0v) is 17.7. The van der Waals surface area contributed by atoms with E-state index in [0.717, 1.165) is 27.5 Å². The highest BCUT2D eigenvalue weighted by atomic mass is 32.1. The smallest absolute Gasteiger partial charge is 0.260 e. The van der Waals surface area contributed by atoms with E-state index in [9.17, 15) is 9.18 Å². The molecule has 0 saturated heterocycles. The Hall–Kier alpha value is -3.78. The Morgan fingerprint density at radius 2 is 1.87 bits per heavy atom. The van der Waals surface area contributed by atoms with Crippen LogP contribution in [0.4, 0.5) is 10.2 Å². The normalized spacial score (nSPS) is 11.2. The summed E-state index contributed by atoms with van der Waals surface area (Å²) in [5, 5.41) is 9.32. The van der Waals surface area contributed by atoms with Crippen molar-refractivity contribution in [3.63, 3.8) is 0 Å². The first-order valence-corrected chi connectivity index (χ1v) is 10.5. The van der Waals surface area contributed by atoms with Crippen LogP contribution in [-0.4, -0.2) is 25.1 Å². The second-order valence-electron chi connectivity index (χ2n) is 7.17. The third-order valence-electron chi connectivity index (χ3n) is 5.21. The lowest BCUT2D eigenvalue weighted by atomic mass is 10.1. The number of anilines is 1. The third-order valence-corrected chi connectivity index (χ3v) is 5.97. The van der Waals surface area contributed by atoms with E-state index in [1.165, 1.54) is 23.5 Å². The molecule has 0 fully saturated rings. The van der Waals surface area contributed by atoms with Crippen molar-refractivity contribution in [2.24, 2.45) is 0 Å². The number of hydrogen-bond donors (Lipinski definition) is 1. The summed E-state index contributed by atoms with van der Waals surface area (Å²) in [7, 11) is 0. The molecule has 0 radical (unpaired) electrons. The molecular weight excluding hydrogens is 413 g/mol. The molecular formula is C23H18FN5OS. The first kappa shape index (κ1) is 19.2. The standard InChI is InChI=1S/C23H18FN5OS/c1-14-5-3-4-6-19(14)29-15(2)18(13-25-29)22(30)27-21-20(16-7-9-17(24)10-8-16)26-23-28(21)11-12-31-23/h3-13H,1-2H3,(H,27,30). The van der Waals surface area contributed by atoms with Crippen LogP contribution < -0.4 is 5.32 Å². The average molecular weight is 431 g/mol. The molecule has 5 aromatic rings. The van der Waals surface area contributed by atoms with Crippen molar-refractivity contribution in [2.75, 3.05) is 5.32 Å². The van der Waals surface area contributed by atoms with Crippen LogP contribution in [0.2, 0.25) is 0 Å². The summed E-state index contributed by atoms with van der Waals surface area (Å²) >= 11 is 1.46. The second kappa shape index (κ2) is 7.48. The minimum atomic E-state index is -0.324. The molecule has 3 aromatic heterocycles. The number of para-hydroxylation sites is 1. The van der Waals surface area contributed by atoms with Gasteiger partial charge in [0.1, 0.15) is 17.3 Å². The average Bonchev–Trinajstić information content (AvgIpc) is 3.45. The fraction of sp³-hybridized carbons (Fsp3) is 0.0870. The maximum atomic E-state index is 13.4. The number of aryl methyl sites for hydroxylation is 1. The SMILES string of the molecule is Cc1ccccc1-n1ncc(C(=O)Nc2c(-c3ccc(F)cc3)nc3sccn23)c1C. The number of carbonyl (C=O) groups is 1. The van der Waals surface area contributed by atoms with E-state index in [2.05, 4.69) is 15.4 Å². The topological polar surface area (TPSA) is 64.2 Å². The van der Waals surface area contributed by atoms with Crippen molar-refractivity contribution >= 4 is 28.0 Å². The summed E-state index contributed by atoms with van der Waals surface area (Å²) < 4.78 is 17.0. The predicted octanol–water partition coefficient (Wildman–Crippen LogP) is 5.26. The summed E-state index contributed by atoms with van der Waals surface area (Å²) in [6, 6.07) is 13.9. The van der Waals surface area contributed by atoms with Crippen LogP contribution in [-0.2, 0) is 0 Å². The van der Waals surface area contributed by atoms with E-state index >= 15 is 0 Å². The molecule has 0 aliphatic rings. The Kier molecular flexibility index (Phi) is 4.63. The number of benzene rings is 2. The van der Waals surface area contributed by atoms with E-state index in [1.54, 1.807) is 23.0 Å². The molecule has 0 atom stereocenters. The molecule has 3 heterocycles. The zero-order valence-electron chi connectivity index (χ0n) is 16.8. The minimum absolute atomic E-state index is 0.284. The van der Waals surface area contributed by atoms with Gasteiger partial charge in [-0.05, 0) is 49.7 Å². The van der Waals surface area contributed by atoms with Crippen molar-refractivity contribution in [2.45, 2.75) is 13.8 Å². The first-order chi connectivity index (χ1) is 15.0. The number of fused-ring (bicyclic) bond motifs is 1. The van der Waals surface area contributed by atoms with Gasteiger partial charge in [0.2, 0.25) is 0 Å². The van der Waals surface area contributed by atoms with Crippen molar-refractivity contribution < 1.29 is 9.18 Å². The summed E-state index contributed by atoms with van der Waals surface area (Å²) in [5.41, 5.74) is 4.51. The molecule has 8 heteroatoms. The Bertz CT molecular complexity index is 1410. The van der Waals surface area contributed by atoms with Crippen LogP contribution in [0.15, 0.2) is 66.3 Å². The van der Waals surface area contributed by atoms with E-state index in [-0.39, 0.29) is 11.7 Å². The van der Waals surface area contributed by atoms with Gasteiger partial charge in [-0.3, -0.25) is 9.20 Å². The van der Waals surface area contributed by atoms with Gasteiger partial charge in [-0.15, -0.1) is 11.3 Å². The molecule has 0 bridgehead atoms. The largest absolute Gasteiger partial charge is 0.306 e. The number of nitrogens with zero attached hydrogens (tertiary/aromatic N) is 4. The highest BCUT2D eigenvalue weighted by Crippen LogP contribution is 2.31. The van der Waals surface area contributed by atoms with Crippen molar-refractivity contribution in [3.05, 3.63) is 88.9 Å². The molecule has 1 N–H and O–H groups in total.